The largest absolute Gasteiger partial charge is 0.393 e. The number of rotatable bonds is 3. The highest BCUT2D eigenvalue weighted by atomic mass is 79.9. The van der Waals surface area contributed by atoms with Gasteiger partial charge in [0, 0.05) is 17.6 Å². The Labute approximate surface area is 122 Å². The fourth-order valence-corrected chi connectivity index (χ4v) is 4.50. The highest BCUT2D eigenvalue weighted by molar-refractivity contribution is 9.10. The van der Waals surface area contributed by atoms with E-state index >= 15 is 0 Å². The molecule has 0 aliphatic carbocycles. The van der Waals surface area contributed by atoms with Crippen molar-refractivity contribution in [1.29, 1.82) is 0 Å². The number of benzene rings is 1. The third-order valence-corrected chi connectivity index (χ3v) is 5.89. The Morgan fingerprint density at radius 1 is 1.47 bits per heavy atom. The molecule has 2 atom stereocenters. The minimum Gasteiger partial charge on any atom is -0.393 e. The molecular weight excluding hydrogens is 330 g/mol. The topological polar surface area (TPSA) is 57.6 Å². The maximum absolute atomic E-state index is 12.5. The van der Waals surface area contributed by atoms with Gasteiger partial charge >= 0.3 is 0 Å². The summed E-state index contributed by atoms with van der Waals surface area (Å²) in [5.74, 6) is 0.0238. The minimum absolute atomic E-state index is 0.0238. The number of hydrogen-bond acceptors (Lipinski definition) is 3. The maximum atomic E-state index is 12.5. The Hall–Kier alpha value is -0.430. The van der Waals surface area contributed by atoms with Gasteiger partial charge in [0.05, 0.1) is 11.0 Å². The number of piperidine rings is 1. The first-order chi connectivity index (χ1) is 8.91. The van der Waals surface area contributed by atoms with Crippen LogP contribution in [0.15, 0.2) is 33.6 Å². The zero-order valence-corrected chi connectivity index (χ0v) is 13.2. The Morgan fingerprint density at radius 3 is 2.84 bits per heavy atom. The van der Waals surface area contributed by atoms with E-state index in [0.717, 1.165) is 17.3 Å². The molecule has 4 nitrogen and oxygen atoms in total. The van der Waals surface area contributed by atoms with E-state index in [2.05, 4.69) is 15.9 Å². The average Bonchev–Trinajstić information content (AvgIpc) is 2.39. The van der Waals surface area contributed by atoms with Gasteiger partial charge in [-0.05, 0) is 43.9 Å². The lowest BCUT2D eigenvalue weighted by Crippen LogP contribution is -2.42. The van der Waals surface area contributed by atoms with Crippen molar-refractivity contribution in [2.45, 2.75) is 30.8 Å². The Kier molecular flexibility index (Phi) is 4.66. The molecule has 1 fully saturated rings. The molecule has 1 heterocycles. The second-order valence-electron chi connectivity index (χ2n) is 4.96. The lowest BCUT2D eigenvalue weighted by Gasteiger charge is -2.33. The van der Waals surface area contributed by atoms with E-state index < -0.39 is 16.1 Å². The predicted octanol–water partition coefficient (Wildman–Crippen LogP) is 2.23. The van der Waals surface area contributed by atoms with E-state index in [1.807, 2.05) is 0 Å². The van der Waals surface area contributed by atoms with Crippen molar-refractivity contribution >= 4 is 26.0 Å². The van der Waals surface area contributed by atoms with Gasteiger partial charge in [0.2, 0.25) is 10.0 Å². The molecule has 1 aromatic carbocycles. The quantitative estimate of drug-likeness (QED) is 0.911. The lowest BCUT2D eigenvalue weighted by atomic mass is 9.95. The van der Waals surface area contributed by atoms with Crippen LogP contribution in [0.2, 0.25) is 0 Å². The summed E-state index contributed by atoms with van der Waals surface area (Å²) in [5, 5.41) is 9.65. The molecule has 1 aromatic rings. The Balaban J connectivity index is 2.24. The second kappa shape index (κ2) is 5.91. The first kappa shape index (κ1) is 15.0. The van der Waals surface area contributed by atoms with E-state index in [4.69, 9.17) is 0 Å². The summed E-state index contributed by atoms with van der Waals surface area (Å²) < 4.78 is 27.3. The molecule has 0 amide bonds. The first-order valence-corrected chi connectivity index (χ1v) is 8.58. The molecule has 1 saturated heterocycles. The fraction of sp³-hybridized carbons (Fsp3) is 0.538. The van der Waals surface area contributed by atoms with Crippen molar-refractivity contribution in [3.8, 4) is 0 Å². The van der Waals surface area contributed by atoms with Gasteiger partial charge in [-0.2, -0.15) is 4.31 Å². The molecular formula is C13H18BrNO3S. The van der Waals surface area contributed by atoms with Crippen LogP contribution in [0.3, 0.4) is 0 Å². The first-order valence-electron chi connectivity index (χ1n) is 6.35. The van der Waals surface area contributed by atoms with Gasteiger partial charge in [0.15, 0.2) is 0 Å². The number of halogens is 1. The Bertz CT molecular complexity index is 545. The van der Waals surface area contributed by atoms with Crippen molar-refractivity contribution < 1.29 is 13.5 Å². The normalized spacial score (nSPS) is 23.2. The van der Waals surface area contributed by atoms with Crippen LogP contribution in [0, 0.1) is 5.92 Å². The molecule has 2 unspecified atom stereocenters. The molecule has 0 bridgehead atoms. The summed E-state index contributed by atoms with van der Waals surface area (Å²) in [4.78, 5) is 0.299. The third kappa shape index (κ3) is 3.37. The zero-order chi connectivity index (χ0) is 14.0. The average molecular weight is 348 g/mol. The van der Waals surface area contributed by atoms with E-state index in [1.54, 1.807) is 31.2 Å². The van der Waals surface area contributed by atoms with Crippen molar-refractivity contribution in [2.24, 2.45) is 5.92 Å². The molecule has 2 rings (SSSR count). The van der Waals surface area contributed by atoms with Gasteiger partial charge < -0.3 is 5.11 Å². The van der Waals surface area contributed by atoms with Gasteiger partial charge in [0.25, 0.3) is 0 Å². The third-order valence-electron chi connectivity index (χ3n) is 3.54. The van der Waals surface area contributed by atoms with Crippen LogP contribution in [0.4, 0.5) is 0 Å². The van der Waals surface area contributed by atoms with E-state index in [9.17, 15) is 13.5 Å². The monoisotopic (exact) mass is 347 g/mol. The molecule has 0 saturated carbocycles. The second-order valence-corrected chi connectivity index (χ2v) is 7.82. The molecule has 0 radical (unpaired) electrons. The molecule has 1 N–H and O–H groups in total. The summed E-state index contributed by atoms with van der Waals surface area (Å²) in [6, 6.07) is 6.73. The molecule has 0 aromatic heterocycles. The molecule has 19 heavy (non-hydrogen) atoms. The van der Waals surface area contributed by atoms with E-state index in [1.165, 1.54) is 4.31 Å². The SMILES string of the molecule is CC(O)C1CCCN(S(=O)(=O)c2cccc(Br)c2)C1. The predicted molar refractivity (Wildman–Crippen MR) is 77.3 cm³/mol. The number of hydrogen-bond donors (Lipinski definition) is 1. The van der Waals surface area contributed by atoms with Crippen LogP contribution < -0.4 is 0 Å². The van der Waals surface area contributed by atoms with Gasteiger partial charge in [0.1, 0.15) is 0 Å². The van der Waals surface area contributed by atoms with Crippen LogP contribution in [0.1, 0.15) is 19.8 Å². The summed E-state index contributed by atoms with van der Waals surface area (Å²) in [7, 11) is -3.46. The van der Waals surface area contributed by atoms with Crippen LogP contribution in [0.25, 0.3) is 0 Å². The van der Waals surface area contributed by atoms with Crippen molar-refractivity contribution in [3.05, 3.63) is 28.7 Å². The summed E-state index contributed by atoms with van der Waals surface area (Å²) in [5.41, 5.74) is 0. The molecule has 106 valence electrons. The molecule has 6 heteroatoms. The maximum Gasteiger partial charge on any atom is 0.243 e. The Morgan fingerprint density at radius 2 is 2.21 bits per heavy atom. The number of aliphatic hydroxyl groups is 1. The van der Waals surface area contributed by atoms with Gasteiger partial charge in [-0.25, -0.2) is 8.42 Å². The van der Waals surface area contributed by atoms with Crippen LogP contribution in [0.5, 0.6) is 0 Å². The molecule has 1 aliphatic heterocycles. The summed E-state index contributed by atoms with van der Waals surface area (Å²) in [6.07, 6.45) is 1.20. The van der Waals surface area contributed by atoms with Crippen LogP contribution in [-0.2, 0) is 10.0 Å². The summed E-state index contributed by atoms with van der Waals surface area (Å²) >= 11 is 3.29. The van der Waals surface area contributed by atoms with Crippen molar-refractivity contribution in [2.75, 3.05) is 13.1 Å². The van der Waals surface area contributed by atoms with Crippen molar-refractivity contribution in [1.82, 2.24) is 4.31 Å². The zero-order valence-electron chi connectivity index (χ0n) is 10.8. The number of nitrogens with zero attached hydrogens (tertiary/aromatic N) is 1. The highest BCUT2D eigenvalue weighted by Crippen LogP contribution is 2.26. The van der Waals surface area contributed by atoms with Crippen LogP contribution in [-0.4, -0.2) is 37.0 Å². The van der Waals surface area contributed by atoms with Crippen molar-refractivity contribution in [3.63, 3.8) is 0 Å². The standard InChI is InChI=1S/C13H18BrNO3S/c1-10(16)11-4-3-7-15(9-11)19(17,18)13-6-2-5-12(14)8-13/h2,5-6,8,10-11,16H,3-4,7,9H2,1H3. The number of aliphatic hydroxyl groups excluding tert-OH is 1. The van der Waals surface area contributed by atoms with Gasteiger partial charge in [-0.3, -0.25) is 0 Å². The van der Waals surface area contributed by atoms with E-state index in [0.29, 0.717) is 18.0 Å². The smallest absolute Gasteiger partial charge is 0.243 e. The summed E-state index contributed by atoms with van der Waals surface area (Å²) in [6.45, 7) is 2.64. The highest BCUT2D eigenvalue weighted by Gasteiger charge is 2.31. The fourth-order valence-electron chi connectivity index (χ4n) is 2.36. The molecule has 1 aliphatic rings. The van der Waals surface area contributed by atoms with E-state index in [-0.39, 0.29) is 5.92 Å². The number of sulfonamides is 1. The lowest BCUT2D eigenvalue weighted by molar-refractivity contribution is 0.0885. The molecule has 0 spiro atoms. The minimum atomic E-state index is -3.46. The van der Waals surface area contributed by atoms with Gasteiger partial charge in [-0.1, -0.05) is 22.0 Å². The van der Waals surface area contributed by atoms with Gasteiger partial charge in [-0.15, -0.1) is 0 Å². The van der Waals surface area contributed by atoms with Crippen LogP contribution >= 0.6 is 15.9 Å².